The number of amides is 1. The van der Waals surface area contributed by atoms with Crippen LogP contribution in [0.25, 0.3) is 11.3 Å². The first-order valence-electron chi connectivity index (χ1n) is 7.71. The molecule has 1 N–H and O–H groups in total. The number of nitrogens with zero attached hydrogens (tertiary/aromatic N) is 1. The SMILES string of the molecule is CC(NC(=O)c1ccc(-c2ccc(F)cc2)nc1)c1ccccc1. The van der Waals surface area contributed by atoms with Gasteiger partial charge in [0.15, 0.2) is 0 Å². The molecule has 0 fully saturated rings. The monoisotopic (exact) mass is 320 g/mol. The minimum Gasteiger partial charge on any atom is -0.345 e. The van der Waals surface area contributed by atoms with E-state index in [0.29, 0.717) is 11.3 Å². The number of carbonyl (C=O) groups excluding carboxylic acids is 1. The molecule has 1 unspecified atom stereocenters. The number of aromatic nitrogens is 1. The first kappa shape index (κ1) is 15.9. The maximum atomic E-state index is 13.0. The molecule has 0 spiro atoms. The number of halogens is 1. The Bertz CT molecular complexity index is 815. The van der Waals surface area contributed by atoms with Gasteiger partial charge in [-0.1, -0.05) is 30.3 Å². The smallest absolute Gasteiger partial charge is 0.253 e. The third-order valence-corrected chi connectivity index (χ3v) is 3.81. The van der Waals surface area contributed by atoms with E-state index in [1.165, 1.54) is 18.3 Å². The van der Waals surface area contributed by atoms with Gasteiger partial charge < -0.3 is 5.32 Å². The molecule has 0 aliphatic heterocycles. The van der Waals surface area contributed by atoms with E-state index in [9.17, 15) is 9.18 Å². The topological polar surface area (TPSA) is 42.0 Å². The zero-order valence-corrected chi connectivity index (χ0v) is 13.2. The summed E-state index contributed by atoms with van der Waals surface area (Å²) in [6.07, 6.45) is 1.53. The molecule has 0 radical (unpaired) electrons. The van der Waals surface area contributed by atoms with Gasteiger partial charge in [-0.3, -0.25) is 9.78 Å². The van der Waals surface area contributed by atoms with Crippen molar-refractivity contribution in [3.8, 4) is 11.3 Å². The Labute approximate surface area is 140 Å². The maximum absolute atomic E-state index is 13.0. The van der Waals surface area contributed by atoms with Crippen LogP contribution in [0.2, 0.25) is 0 Å². The quantitative estimate of drug-likeness (QED) is 0.775. The van der Waals surface area contributed by atoms with Crippen LogP contribution in [0, 0.1) is 5.82 Å². The molecule has 1 aromatic heterocycles. The Morgan fingerprint density at radius 2 is 1.71 bits per heavy atom. The van der Waals surface area contributed by atoms with Gasteiger partial charge in [0.25, 0.3) is 5.91 Å². The predicted octanol–water partition coefficient (Wildman–Crippen LogP) is 4.38. The summed E-state index contributed by atoms with van der Waals surface area (Å²) in [5.41, 5.74) is 3.04. The molecule has 0 bridgehead atoms. The van der Waals surface area contributed by atoms with Crippen LogP contribution in [0.5, 0.6) is 0 Å². The second kappa shape index (κ2) is 7.04. The molecule has 1 atom stereocenters. The van der Waals surface area contributed by atoms with E-state index in [4.69, 9.17) is 0 Å². The van der Waals surface area contributed by atoms with Crippen molar-refractivity contribution in [2.24, 2.45) is 0 Å². The number of carbonyl (C=O) groups is 1. The lowest BCUT2D eigenvalue weighted by Gasteiger charge is -2.14. The van der Waals surface area contributed by atoms with Gasteiger partial charge in [0.2, 0.25) is 0 Å². The Kier molecular flexibility index (Phi) is 4.66. The third kappa shape index (κ3) is 3.66. The normalized spacial score (nSPS) is 11.8. The molecule has 2 aromatic carbocycles. The van der Waals surface area contributed by atoms with Crippen LogP contribution >= 0.6 is 0 Å². The van der Waals surface area contributed by atoms with Crippen molar-refractivity contribution in [3.63, 3.8) is 0 Å². The summed E-state index contributed by atoms with van der Waals surface area (Å²) in [6, 6.07) is 19.3. The summed E-state index contributed by atoms with van der Waals surface area (Å²) >= 11 is 0. The highest BCUT2D eigenvalue weighted by molar-refractivity contribution is 5.94. The van der Waals surface area contributed by atoms with Crippen LogP contribution in [0.4, 0.5) is 4.39 Å². The van der Waals surface area contributed by atoms with Crippen molar-refractivity contribution >= 4 is 5.91 Å². The number of rotatable bonds is 4. The highest BCUT2D eigenvalue weighted by Gasteiger charge is 2.12. The molecule has 0 saturated heterocycles. The molecule has 0 saturated carbocycles. The molecule has 4 heteroatoms. The Hall–Kier alpha value is -3.01. The summed E-state index contributed by atoms with van der Waals surface area (Å²) in [5.74, 6) is -0.464. The van der Waals surface area contributed by atoms with Gasteiger partial charge in [0, 0.05) is 11.8 Å². The summed E-state index contributed by atoms with van der Waals surface area (Å²) in [5, 5.41) is 2.95. The van der Waals surface area contributed by atoms with E-state index < -0.39 is 0 Å². The zero-order valence-electron chi connectivity index (χ0n) is 13.2. The van der Waals surface area contributed by atoms with Gasteiger partial charge in [-0.2, -0.15) is 0 Å². The Morgan fingerprint density at radius 1 is 1.00 bits per heavy atom. The summed E-state index contributed by atoms with van der Waals surface area (Å²) in [7, 11) is 0. The lowest BCUT2D eigenvalue weighted by Crippen LogP contribution is -2.26. The minimum absolute atomic E-state index is 0.0875. The maximum Gasteiger partial charge on any atom is 0.253 e. The molecular weight excluding hydrogens is 303 g/mol. The molecule has 1 heterocycles. The van der Waals surface area contributed by atoms with Crippen LogP contribution in [-0.2, 0) is 0 Å². The number of hydrogen-bond acceptors (Lipinski definition) is 2. The van der Waals surface area contributed by atoms with E-state index in [-0.39, 0.29) is 17.8 Å². The van der Waals surface area contributed by atoms with Crippen LogP contribution in [-0.4, -0.2) is 10.9 Å². The van der Waals surface area contributed by atoms with Crippen LogP contribution in [0.3, 0.4) is 0 Å². The molecule has 3 aromatic rings. The number of benzene rings is 2. The summed E-state index contributed by atoms with van der Waals surface area (Å²) < 4.78 is 13.0. The van der Waals surface area contributed by atoms with Crippen molar-refractivity contribution in [3.05, 3.63) is 89.9 Å². The van der Waals surface area contributed by atoms with Crippen molar-refractivity contribution in [2.45, 2.75) is 13.0 Å². The molecule has 3 rings (SSSR count). The van der Waals surface area contributed by atoms with E-state index >= 15 is 0 Å². The fraction of sp³-hybridized carbons (Fsp3) is 0.100. The first-order chi connectivity index (χ1) is 11.6. The molecule has 1 amide bonds. The number of hydrogen-bond donors (Lipinski definition) is 1. The molecule has 24 heavy (non-hydrogen) atoms. The van der Waals surface area contributed by atoms with E-state index in [2.05, 4.69) is 10.3 Å². The summed E-state index contributed by atoms with van der Waals surface area (Å²) in [6.45, 7) is 1.94. The van der Waals surface area contributed by atoms with Gasteiger partial charge in [0.1, 0.15) is 5.82 Å². The number of pyridine rings is 1. The Morgan fingerprint density at radius 3 is 2.33 bits per heavy atom. The van der Waals surface area contributed by atoms with Gasteiger partial charge >= 0.3 is 0 Å². The van der Waals surface area contributed by atoms with Gasteiger partial charge in [0.05, 0.1) is 17.3 Å². The lowest BCUT2D eigenvalue weighted by molar-refractivity contribution is 0.0939. The second-order valence-electron chi connectivity index (χ2n) is 5.54. The zero-order chi connectivity index (χ0) is 16.9. The Balaban J connectivity index is 1.71. The number of nitrogens with one attached hydrogen (secondary N) is 1. The van der Waals surface area contributed by atoms with E-state index in [1.807, 2.05) is 37.3 Å². The molecule has 0 aliphatic carbocycles. The average molecular weight is 320 g/mol. The largest absolute Gasteiger partial charge is 0.345 e. The first-order valence-corrected chi connectivity index (χ1v) is 7.71. The van der Waals surface area contributed by atoms with E-state index in [0.717, 1.165) is 11.1 Å². The predicted molar refractivity (Wildman–Crippen MR) is 92.0 cm³/mol. The highest BCUT2D eigenvalue weighted by Crippen LogP contribution is 2.18. The lowest BCUT2D eigenvalue weighted by atomic mass is 10.1. The van der Waals surface area contributed by atoms with Crippen molar-refractivity contribution in [2.75, 3.05) is 0 Å². The van der Waals surface area contributed by atoms with Crippen molar-refractivity contribution in [1.29, 1.82) is 0 Å². The van der Waals surface area contributed by atoms with Gasteiger partial charge in [-0.05, 0) is 48.9 Å². The molecule has 3 nitrogen and oxygen atoms in total. The van der Waals surface area contributed by atoms with Gasteiger partial charge in [-0.25, -0.2) is 4.39 Å². The van der Waals surface area contributed by atoms with Crippen LogP contribution in [0.1, 0.15) is 28.9 Å². The fourth-order valence-corrected chi connectivity index (χ4v) is 2.42. The third-order valence-electron chi connectivity index (χ3n) is 3.81. The molecule has 0 aliphatic rings. The molecule has 120 valence electrons. The molecular formula is C20H17FN2O. The standard InChI is InChI=1S/C20H17FN2O/c1-14(15-5-3-2-4-6-15)23-20(24)17-9-12-19(22-13-17)16-7-10-18(21)11-8-16/h2-14H,1H3,(H,23,24). The van der Waals surface area contributed by atoms with Crippen molar-refractivity contribution in [1.82, 2.24) is 10.3 Å². The average Bonchev–Trinajstić information content (AvgIpc) is 2.63. The minimum atomic E-state index is -0.287. The van der Waals surface area contributed by atoms with Crippen LogP contribution < -0.4 is 5.32 Å². The van der Waals surface area contributed by atoms with Crippen LogP contribution in [0.15, 0.2) is 72.9 Å². The van der Waals surface area contributed by atoms with Crippen molar-refractivity contribution < 1.29 is 9.18 Å². The summed E-state index contributed by atoms with van der Waals surface area (Å²) in [4.78, 5) is 16.6. The van der Waals surface area contributed by atoms with Gasteiger partial charge in [-0.15, -0.1) is 0 Å². The fourth-order valence-electron chi connectivity index (χ4n) is 2.42. The second-order valence-corrected chi connectivity index (χ2v) is 5.54. The van der Waals surface area contributed by atoms with E-state index in [1.54, 1.807) is 24.3 Å². The highest BCUT2D eigenvalue weighted by atomic mass is 19.1.